The molecule has 0 fully saturated rings. The molecule has 0 aliphatic carbocycles. The zero-order valence-corrected chi connectivity index (χ0v) is 15.7. The molecule has 0 saturated carbocycles. The number of sulfonamides is 1. The Hall–Kier alpha value is -3.11. The van der Waals surface area contributed by atoms with Gasteiger partial charge in [0.15, 0.2) is 11.6 Å². The number of nitro groups is 1. The Morgan fingerprint density at radius 2 is 1.72 bits per heavy atom. The van der Waals surface area contributed by atoms with Crippen LogP contribution in [-0.2, 0) is 16.6 Å². The van der Waals surface area contributed by atoms with E-state index in [1.165, 1.54) is 22.5 Å². The van der Waals surface area contributed by atoms with Crippen molar-refractivity contribution < 1.29 is 22.1 Å². The number of benzene rings is 2. The van der Waals surface area contributed by atoms with Gasteiger partial charge in [0.25, 0.3) is 5.69 Å². The maximum atomic E-state index is 13.9. The number of fused-ring (bicyclic) bond motifs is 1. The molecule has 1 aromatic heterocycles. The van der Waals surface area contributed by atoms with Gasteiger partial charge in [0.2, 0.25) is 10.0 Å². The molecule has 0 amide bonds. The van der Waals surface area contributed by atoms with E-state index in [9.17, 15) is 27.3 Å². The topological polar surface area (TPSA) is 85.4 Å². The van der Waals surface area contributed by atoms with Crippen LogP contribution in [-0.4, -0.2) is 28.8 Å². The van der Waals surface area contributed by atoms with E-state index >= 15 is 0 Å². The van der Waals surface area contributed by atoms with Crippen molar-refractivity contribution >= 4 is 15.7 Å². The average Bonchev–Trinajstić information content (AvgIpc) is 3.18. The predicted octanol–water partition coefficient (Wildman–Crippen LogP) is 3.47. The van der Waals surface area contributed by atoms with Gasteiger partial charge in [-0.15, -0.1) is 0 Å². The van der Waals surface area contributed by atoms with Gasteiger partial charge in [-0.05, 0) is 42.0 Å². The van der Waals surface area contributed by atoms with Crippen molar-refractivity contribution in [3.8, 4) is 0 Å². The van der Waals surface area contributed by atoms with Crippen molar-refractivity contribution in [1.82, 2.24) is 8.87 Å². The van der Waals surface area contributed by atoms with Crippen LogP contribution in [0.3, 0.4) is 0 Å². The molecule has 0 N–H and O–H groups in total. The SMILES string of the molecule is O=[N+]([O-])c1ccc(S(=O)(=O)N2CCn3cccc3[C@@H]2c2ccc(F)c(F)c2)cc1. The van der Waals surface area contributed by atoms with Crippen molar-refractivity contribution in [1.29, 1.82) is 0 Å². The highest BCUT2D eigenvalue weighted by atomic mass is 32.2. The molecule has 3 aromatic rings. The molecule has 0 radical (unpaired) electrons. The second kappa shape index (κ2) is 7.05. The number of hydrogen-bond donors (Lipinski definition) is 0. The molecule has 0 bridgehead atoms. The quantitative estimate of drug-likeness (QED) is 0.479. The van der Waals surface area contributed by atoms with Crippen LogP contribution in [0.15, 0.2) is 65.7 Å². The highest BCUT2D eigenvalue weighted by Crippen LogP contribution is 2.37. The molecule has 10 heteroatoms. The second-order valence-corrected chi connectivity index (χ2v) is 8.46. The van der Waals surface area contributed by atoms with Gasteiger partial charge in [0.05, 0.1) is 15.9 Å². The number of nitrogens with zero attached hydrogens (tertiary/aromatic N) is 3. The van der Waals surface area contributed by atoms with E-state index in [2.05, 4.69) is 0 Å². The predicted molar refractivity (Wildman–Crippen MR) is 99.6 cm³/mol. The summed E-state index contributed by atoms with van der Waals surface area (Å²) in [5, 5.41) is 10.8. The maximum absolute atomic E-state index is 13.9. The maximum Gasteiger partial charge on any atom is 0.269 e. The zero-order valence-electron chi connectivity index (χ0n) is 14.9. The minimum Gasteiger partial charge on any atom is -0.348 e. The molecule has 1 aliphatic rings. The molecular formula is C19H15F2N3O4S. The van der Waals surface area contributed by atoms with Gasteiger partial charge in [-0.25, -0.2) is 17.2 Å². The fourth-order valence-corrected chi connectivity index (χ4v) is 5.10. The standard InChI is InChI=1S/C19H15F2N3O4S/c20-16-8-3-13(12-17(16)21)19-18-2-1-9-22(18)10-11-23(19)29(27,28)15-6-4-14(5-7-15)24(25)26/h1-9,12,19H,10-11H2/t19-/m0/s1. The lowest BCUT2D eigenvalue weighted by Crippen LogP contribution is -2.42. The highest BCUT2D eigenvalue weighted by molar-refractivity contribution is 7.89. The molecular weight excluding hydrogens is 404 g/mol. The third-order valence-corrected chi connectivity index (χ3v) is 6.79. The molecule has 1 atom stereocenters. The Bertz CT molecular complexity index is 1190. The Morgan fingerprint density at radius 1 is 1.00 bits per heavy atom. The summed E-state index contributed by atoms with van der Waals surface area (Å²) in [4.78, 5) is 10.1. The van der Waals surface area contributed by atoms with E-state index in [4.69, 9.17) is 0 Å². The zero-order chi connectivity index (χ0) is 20.8. The first-order valence-corrected chi connectivity index (χ1v) is 10.1. The summed E-state index contributed by atoms with van der Waals surface area (Å²) in [6, 6.07) is 10.5. The molecule has 1 aliphatic heterocycles. The molecule has 2 aromatic carbocycles. The molecule has 150 valence electrons. The van der Waals surface area contributed by atoms with Crippen molar-refractivity contribution in [2.75, 3.05) is 6.54 Å². The summed E-state index contributed by atoms with van der Waals surface area (Å²) >= 11 is 0. The largest absolute Gasteiger partial charge is 0.348 e. The van der Waals surface area contributed by atoms with Gasteiger partial charge < -0.3 is 4.57 Å². The third-order valence-electron chi connectivity index (χ3n) is 4.91. The van der Waals surface area contributed by atoms with Gasteiger partial charge in [-0.1, -0.05) is 6.07 Å². The minimum atomic E-state index is -4.06. The summed E-state index contributed by atoms with van der Waals surface area (Å²) in [7, 11) is -4.06. The molecule has 0 spiro atoms. The molecule has 0 saturated heterocycles. The molecule has 4 rings (SSSR count). The van der Waals surface area contributed by atoms with Crippen LogP contribution in [0.2, 0.25) is 0 Å². The Kier molecular flexibility index (Phi) is 4.67. The van der Waals surface area contributed by atoms with Crippen LogP contribution in [0.1, 0.15) is 17.3 Å². The van der Waals surface area contributed by atoms with Gasteiger partial charge in [-0.3, -0.25) is 10.1 Å². The van der Waals surface area contributed by atoms with Crippen molar-refractivity contribution in [3.05, 3.63) is 93.8 Å². The van der Waals surface area contributed by atoms with Crippen LogP contribution in [0.5, 0.6) is 0 Å². The van der Waals surface area contributed by atoms with E-state index in [-0.39, 0.29) is 22.7 Å². The normalized spacial score (nSPS) is 17.1. The number of halogens is 2. The lowest BCUT2D eigenvalue weighted by Gasteiger charge is -2.36. The first-order chi connectivity index (χ1) is 13.8. The average molecular weight is 419 g/mol. The van der Waals surface area contributed by atoms with E-state index in [0.717, 1.165) is 24.3 Å². The second-order valence-electron chi connectivity index (χ2n) is 6.57. The molecule has 29 heavy (non-hydrogen) atoms. The lowest BCUT2D eigenvalue weighted by molar-refractivity contribution is -0.384. The fraction of sp³-hybridized carbons (Fsp3) is 0.158. The van der Waals surface area contributed by atoms with Crippen molar-refractivity contribution in [2.45, 2.75) is 17.5 Å². The summed E-state index contributed by atoms with van der Waals surface area (Å²) in [5.41, 5.74) is 0.676. The van der Waals surface area contributed by atoms with Gasteiger partial charge >= 0.3 is 0 Å². The summed E-state index contributed by atoms with van der Waals surface area (Å²) in [6.07, 6.45) is 1.79. The molecule has 2 heterocycles. The highest BCUT2D eigenvalue weighted by Gasteiger charge is 2.38. The Morgan fingerprint density at radius 3 is 2.38 bits per heavy atom. The monoisotopic (exact) mass is 419 g/mol. The van der Waals surface area contributed by atoms with Crippen molar-refractivity contribution in [2.24, 2.45) is 0 Å². The molecule has 7 nitrogen and oxygen atoms in total. The minimum absolute atomic E-state index is 0.102. The first kappa shape index (κ1) is 19.2. The van der Waals surface area contributed by atoms with Crippen molar-refractivity contribution in [3.63, 3.8) is 0 Å². The number of hydrogen-bond acceptors (Lipinski definition) is 4. The fourth-order valence-electron chi connectivity index (χ4n) is 3.52. The van der Waals surface area contributed by atoms with E-state index in [0.29, 0.717) is 12.2 Å². The number of non-ortho nitro benzene ring substituents is 1. The van der Waals surface area contributed by atoms with E-state index in [1.807, 2.05) is 4.57 Å². The third kappa shape index (κ3) is 3.30. The summed E-state index contributed by atoms with van der Waals surface area (Å²) in [6.45, 7) is 0.486. The lowest BCUT2D eigenvalue weighted by atomic mass is 10.0. The molecule has 0 unspecified atom stereocenters. The number of nitro benzene ring substituents is 1. The van der Waals surface area contributed by atoms with E-state index < -0.39 is 32.6 Å². The van der Waals surface area contributed by atoms with Crippen LogP contribution < -0.4 is 0 Å². The van der Waals surface area contributed by atoms with Gasteiger partial charge in [-0.2, -0.15) is 4.31 Å². The van der Waals surface area contributed by atoms with Crippen LogP contribution in [0, 0.1) is 21.7 Å². The van der Waals surface area contributed by atoms with Gasteiger partial charge in [0.1, 0.15) is 0 Å². The first-order valence-electron chi connectivity index (χ1n) is 8.65. The van der Waals surface area contributed by atoms with E-state index in [1.54, 1.807) is 18.3 Å². The van der Waals surface area contributed by atoms with Crippen LogP contribution in [0.25, 0.3) is 0 Å². The number of rotatable bonds is 4. The Labute approximate surface area is 165 Å². The van der Waals surface area contributed by atoms with Crippen LogP contribution >= 0.6 is 0 Å². The van der Waals surface area contributed by atoms with Gasteiger partial charge in [0, 0.05) is 37.1 Å². The summed E-state index contributed by atoms with van der Waals surface area (Å²) < 4.78 is 57.0. The van der Waals surface area contributed by atoms with Crippen LogP contribution in [0.4, 0.5) is 14.5 Å². The Balaban J connectivity index is 1.82. The smallest absolute Gasteiger partial charge is 0.269 e. The number of aromatic nitrogens is 1. The summed E-state index contributed by atoms with van der Waals surface area (Å²) in [5.74, 6) is -2.09.